The first-order chi connectivity index (χ1) is 10.1. The van der Waals surface area contributed by atoms with E-state index in [0.29, 0.717) is 17.3 Å². The van der Waals surface area contributed by atoms with Gasteiger partial charge in [-0.3, -0.25) is 0 Å². The predicted molar refractivity (Wildman–Crippen MR) is 80.7 cm³/mol. The minimum Gasteiger partial charge on any atom is -0.249 e. The molecule has 2 aromatic rings. The van der Waals surface area contributed by atoms with E-state index in [-0.39, 0.29) is 6.04 Å². The number of aryl methyl sites for hydroxylation is 1. The van der Waals surface area contributed by atoms with Crippen LogP contribution in [-0.2, 0) is 16.4 Å². The van der Waals surface area contributed by atoms with Gasteiger partial charge in [-0.05, 0) is 31.4 Å². The van der Waals surface area contributed by atoms with Gasteiger partial charge in [0.1, 0.15) is 4.21 Å². The Kier molecular flexibility index (Phi) is 4.10. The molecule has 0 bridgehead atoms. The summed E-state index contributed by atoms with van der Waals surface area (Å²) in [7, 11) is -3.34. The van der Waals surface area contributed by atoms with Gasteiger partial charge in [-0.1, -0.05) is 12.1 Å². The second-order valence-electron chi connectivity index (χ2n) is 5.09. The van der Waals surface area contributed by atoms with E-state index in [1.54, 1.807) is 16.6 Å². The third kappa shape index (κ3) is 2.88. The molecule has 0 spiro atoms. The minimum absolute atomic E-state index is 0.244. The first-order valence-corrected chi connectivity index (χ1v) is 9.31. The third-order valence-corrected chi connectivity index (χ3v) is 7.41. The van der Waals surface area contributed by atoms with E-state index < -0.39 is 10.0 Å². The van der Waals surface area contributed by atoms with Crippen LogP contribution in [0.4, 0.5) is 0 Å². The molecule has 21 heavy (non-hydrogen) atoms. The Balaban J connectivity index is 1.71. The predicted octanol–water partition coefficient (Wildman–Crippen LogP) is 1.93. The van der Waals surface area contributed by atoms with Crippen molar-refractivity contribution in [1.82, 2.24) is 19.3 Å². The van der Waals surface area contributed by atoms with Gasteiger partial charge in [-0.2, -0.15) is 4.31 Å². The average molecular weight is 326 g/mol. The maximum atomic E-state index is 12.6. The molecule has 114 valence electrons. The topological polar surface area (TPSA) is 68.1 Å². The molecule has 0 aliphatic carbocycles. The Morgan fingerprint density at radius 1 is 1.33 bits per heavy atom. The monoisotopic (exact) mass is 326 g/mol. The first-order valence-electron chi connectivity index (χ1n) is 7.06. The van der Waals surface area contributed by atoms with Gasteiger partial charge in [0.15, 0.2) is 0 Å². The van der Waals surface area contributed by atoms with Gasteiger partial charge < -0.3 is 0 Å². The van der Waals surface area contributed by atoms with Crippen molar-refractivity contribution in [1.29, 1.82) is 0 Å². The zero-order chi connectivity index (χ0) is 14.9. The lowest BCUT2D eigenvalue weighted by molar-refractivity contribution is 0.259. The molecule has 0 unspecified atom stereocenters. The van der Waals surface area contributed by atoms with Crippen LogP contribution in [0.25, 0.3) is 0 Å². The third-order valence-electron chi connectivity index (χ3n) is 3.82. The zero-order valence-electron chi connectivity index (χ0n) is 11.8. The van der Waals surface area contributed by atoms with Crippen molar-refractivity contribution >= 4 is 21.4 Å². The SMILES string of the molecule is CCc1ccc(S(=O)(=O)N2CCC(n3ccnn3)CC2)s1. The molecule has 0 radical (unpaired) electrons. The molecule has 1 saturated heterocycles. The van der Waals surface area contributed by atoms with E-state index in [0.717, 1.165) is 24.1 Å². The number of aromatic nitrogens is 3. The van der Waals surface area contributed by atoms with Crippen molar-refractivity contribution in [2.75, 3.05) is 13.1 Å². The molecule has 0 saturated carbocycles. The van der Waals surface area contributed by atoms with Crippen molar-refractivity contribution in [3.8, 4) is 0 Å². The number of nitrogens with zero attached hydrogens (tertiary/aromatic N) is 4. The fraction of sp³-hybridized carbons (Fsp3) is 0.538. The van der Waals surface area contributed by atoms with Crippen LogP contribution in [0.15, 0.2) is 28.7 Å². The Labute approximate surface area is 128 Å². The Morgan fingerprint density at radius 3 is 2.67 bits per heavy atom. The molecule has 0 N–H and O–H groups in total. The van der Waals surface area contributed by atoms with Crippen LogP contribution >= 0.6 is 11.3 Å². The Bertz CT molecular complexity index is 686. The number of sulfonamides is 1. The van der Waals surface area contributed by atoms with Crippen LogP contribution in [0.2, 0.25) is 0 Å². The van der Waals surface area contributed by atoms with Crippen LogP contribution in [0.5, 0.6) is 0 Å². The average Bonchev–Trinajstić information content (AvgIpc) is 3.19. The number of hydrogen-bond acceptors (Lipinski definition) is 5. The second-order valence-corrected chi connectivity index (χ2v) is 8.43. The van der Waals surface area contributed by atoms with Gasteiger partial charge in [0.05, 0.1) is 12.2 Å². The smallest absolute Gasteiger partial charge is 0.249 e. The molecule has 0 amide bonds. The maximum absolute atomic E-state index is 12.6. The van der Waals surface area contributed by atoms with Crippen LogP contribution in [0.3, 0.4) is 0 Å². The van der Waals surface area contributed by atoms with E-state index in [1.807, 2.05) is 23.9 Å². The molecule has 2 aromatic heterocycles. The van der Waals surface area contributed by atoms with Gasteiger partial charge in [0.25, 0.3) is 10.0 Å². The highest BCUT2D eigenvalue weighted by Crippen LogP contribution is 2.29. The summed E-state index contributed by atoms with van der Waals surface area (Å²) < 4.78 is 29.1. The summed E-state index contributed by atoms with van der Waals surface area (Å²) in [5.74, 6) is 0. The summed E-state index contributed by atoms with van der Waals surface area (Å²) in [5.41, 5.74) is 0. The molecule has 0 atom stereocenters. The second kappa shape index (κ2) is 5.86. The van der Waals surface area contributed by atoms with Crippen molar-refractivity contribution < 1.29 is 8.42 Å². The fourth-order valence-electron chi connectivity index (χ4n) is 2.57. The number of hydrogen-bond donors (Lipinski definition) is 0. The molecule has 1 fully saturated rings. The largest absolute Gasteiger partial charge is 0.252 e. The van der Waals surface area contributed by atoms with Gasteiger partial charge in [0, 0.05) is 24.2 Å². The lowest BCUT2D eigenvalue weighted by atomic mass is 10.1. The lowest BCUT2D eigenvalue weighted by Gasteiger charge is -2.30. The molecule has 1 aliphatic heterocycles. The number of thiophene rings is 1. The van der Waals surface area contributed by atoms with Crippen molar-refractivity contribution in [3.05, 3.63) is 29.4 Å². The summed E-state index contributed by atoms with van der Waals surface area (Å²) in [4.78, 5) is 1.10. The van der Waals surface area contributed by atoms with Crippen LogP contribution in [-0.4, -0.2) is 40.8 Å². The van der Waals surface area contributed by atoms with Gasteiger partial charge >= 0.3 is 0 Å². The summed E-state index contributed by atoms with van der Waals surface area (Å²) in [6.07, 6.45) is 5.90. The summed E-state index contributed by atoms with van der Waals surface area (Å²) in [6, 6.07) is 3.87. The van der Waals surface area contributed by atoms with E-state index >= 15 is 0 Å². The normalized spacial score (nSPS) is 18.1. The molecule has 3 rings (SSSR count). The summed E-state index contributed by atoms with van der Waals surface area (Å²) in [5, 5.41) is 7.81. The van der Waals surface area contributed by atoms with E-state index in [2.05, 4.69) is 10.3 Å². The van der Waals surface area contributed by atoms with Crippen molar-refractivity contribution in [3.63, 3.8) is 0 Å². The van der Waals surface area contributed by atoms with Crippen molar-refractivity contribution in [2.24, 2.45) is 0 Å². The molecule has 8 heteroatoms. The minimum atomic E-state index is -3.34. The molecular formula is C13H18N4O2S2. The molecule has 0 aromatic carbocycles. The van der Waals surface area contributed by atoms with Gasteiger partial charge in [-0.25, -0.2) is 13.1 Å². The number of piperidine rings is 1. The van der Waals surface area contributed by atoms with Crippen LogP contribution in [0, 0.1) is 0 Å². The highest BCUT2D eigenvalue weighted by Gasteiger charge is 2.31. The molecular weight excluding hydrogens is 308 g/mol. The van der Waals surface area contributed by atoms with Crippen LogP contribution in [0.1, 0.15) is 30.7 Å². The Hall–Kier alpha value is -1.25. The highest BCUT2D eigenvalue weighted by molar-refractivity contribution is 7.91. The maximum Gasteiger partial charge on any atom is 0.252 e. The molecule has 6 nitrogen and oxygen atoms in total. The lowest BCUT2D eigenvalue weighted by Crippen LogP contribution is -2.38. The number of rotatable bonds is 4. The molecule has 1 aliphatic rings. The van der Waals surface area contributed by atoms with E-state index in [4.69, 9.17) is 0 Å². The standard InChI is InChI=1S/C13H18N4O2S2/c1-2-12-3-4-13(20-12)21(18,19)16-8-5-11(6-9-16)17-10-7-14-15-17/h3-4,7,10-11H,2,5-6,8-9H2,1H3. The van der Waals surface area contributed by atoms with Gasteiger partial charge in [-0.15, -0.1) is 16.4 Å². The summed E-state index contributed by atoms with van der Waals surface area (Å²) >= 11 is 1.37. The van der Waals surface area contributed by atoms with Crippen molar-refractivity contribution in [2.45, 2.75) is 36.4 Å². The first kappa shape index (κ1) is 14.7. The van der Waals surface area contributed by atoms with E-state index in [1.165, 1.54) is 11.3 Å². The zero-order valence-corrected chi connectivity index (χ0v) is 13.5. The van der Waals surface area contributed by atoms with E-state index in [9.17, 15) is 8.42 Å². The highest BCUT2D eigenvalue weighted by atomic mass is 32.2. The fourth-order valence-corrected chi connectivity index (χ4v) is 5.49. The summed E-state index contributed by atoms with van der Waals surface area (Å²) in [6.45, 7) is 3.10. The van der Waals surface area contributed by atoms with Gasteiger partial charge in [0.2, 0.25) is 0 Å². The quantitative estimate of drug-likeness (QED) is 0.861. The van der Waals surface area contributed by atoms with Crippen LogP contribution < -0.4 is 0 Å². The Morgan fingerprint density at radius 2 is 2.10 bits per heavy atom. The molecule has 3 heterocycles.